The van der Waals surface area contributed by atoms with Crippen molar-refractivity contribution in [3.05, 3.63) is 30.3 Å². The van der Waals surface area contributed by atoms with Gasteiger partial charge in [0.2, 0.25) is 0 Å². The Morgan fingerprint density at radius 3 is 0.614 bits per heavy atom. The Morgan fingerprint density at radius 1 is 0.241 bits per heavy atom. The summed E-state index contributed by atoms with van der Waals surface area (Å²) in [6, 6.07) is 8.84. The second kappa shape index (κ2) is 28.5. The van der Waals surface area contributed by atoms with E-state index in [1.807, 2.05) is 0 Å². The molecular formula is C48H74O34Se. The second-order valence-electron chi connectivity index (χ2n) is 21.1. The molecular weight excluding hydrogens is 1200 g/mol. The third kappa shape index (κ3) is 13.5. The van der Waals surface area contributed by atoms with E-state index in [1.165, 1.54) is 0 Å². The average Bonchev–Trinajstić information content (AvgIpc) is 3.67. The zero-order valence-corrected chi connectivity index (χ0v) is 45.3. The van der Waals surface area contributed by atoms with Gasteiger partial charge in [-0.1, -0.05) is 0 Å². The van der Waals surface area contributed by atoms with E-state index in [-0.39, 0.29) is 5.32 Å². The molecule has 14 bridgehead atoms. The molecule has 83 heavy (non-hydrogen) atoms. The van der Waals surface area contributed by atoms with Crippen LogP contribution < -0.4 is 4.46 Å². The summed E-state index contributed by atoms with van der Waals surface area (Å²) in [7, 11) is 0. The molecule has 21 aliphatic rings. The van der Waals surface area contributed by atoms with Gasteiger partial charge in [-0.25, -0.2) is 0 Å². The molecule has 22 rings (SSSR count). The van der Waals surface area contributed by atoms with Crippen LogP contribution in [0.2, 0.25) is 5.32 Å². The number of benzene rings is 1. The number of hydrogen-bond acceptors (Lipinski definition) is 34. The van der Waals surface area contributed by atoms with Crippen LogP contribution in [0.5, 0.6) is 0 Å². The summed E-state index contributed by atoms with van der Waals surface area (Å²) < 4.78 is 82.3. The fourth-order valence-electron chi connectivity index (χ4n) is 11.1. The molecule has 0 amide bonds. The minimum absolute atomic E-state index is 0.00583. The predicted molar refractivity (Wildman–Crippen MR) is 258 cm³/mol. The summed E-state index contributed by atoms with van der Waals surface area (Å²) in [6.07, 6.45) is -68.7. The van der Waals surface area contributed by atoms with Gasteiger partial charge in [0, 0.05) is 0 Å². The van der Waals surface area contributed by atoms with E-state index in [2.05, 4.69) is 0 Å². The van der Waals surface area contributed by atoms with Gasteiger partial charge in [0.15, 0.2) is 18.9 Å². The van der Waals surface area contributed by atoms with Crippen LogP contribution in [0.1, 0.15) is 0 Å². The van der Waals surface area contributed by atoms with Crippen molar-refractivity contribution in [2.45, 2.75) is 220 Å². The third-order valence-electron chi connectivity index (χ3n) is 15.8. The van der Waals surface area contributed by atoms with Gasteiger partial charge in [0.1, 0.15) is 61.0 Å². The summed E-state index contributed by atoms with van der Waals surface area (Å²) in [4.78, 5) is 0. The van der Waals surface area contributed by atoms with Crippen molar-refractivity contribution in [2.24, 2.45) is 0 Å². The molecule has 34 nitrogen and oxygen atoms in total. The van der Waals surface area contributed by atoms with E-state index >= 15 is 0 Å². The van der Waals surface area contributed by atoms with Crippen LogP contribution >= 0.6 is 0 Å². The summed E-state index contributed by atoms with van der Waals surface area (Å²) in [5.74, 6) is 0. The normalized spacial score (nSPS) is 52.2. The first-order valence-corrected chi connectivity index (χ1v) is 28.8. The van der Waals surface area contributed by atoms with E-state index in [0.717, 1.165) is 4.46 Å². The molecule has 476 valence electrons. The Balaban J connectivity index is 1.01. The summed E-state index contributed by atoms with van der Waals surface area (Å²) in [5, 5.41) is 223. The van der Waals surface area contributed by atoms with Gasteiger partial charge in [-0.2, -0.15) is 0 Å². The van der Waals surface area contributed by atoms with Crippen molar-refractivity contribution in [3.63, 3.8) is 0 Å². The van der Waals surface area contributed by atoms with Gasteiger partial charge in [-0.05, 0) is 0 Å². The minimum atomic E-state index is -2.20. The molecule has 0 radical (unpaired) electrons. The van der Waals surface area contributed by atoms with E-state index in [9.17, 15) is 102 Å². The fourth-order valence-corrected chi connectivity index (χ4v) is 13.1. The maximum absolute atomic E-state index is 11.8. The monoisotopic (exact) mass is 1270 g/mol. The first-order valence-electron chi connectivity index (χ1n) is 26.7. The molecule has 21 fully saturated rings. The van der Waals surface area contributed by atoms with Crippen LogP contribution in [0.15, 0.2) is 30.3 Å². The molecule has 0 aromatic heterocycles. The fraction of sp³-hybridized carbons (Fsp3) is 0.875. The van der Waals surface area contributed by atoms with Gasteiger partial charge in [0.05, 0.1) is 26.4 Å². The van der Waals surface area contributed by atoms with Gasteiger partial charge in [0.25, 0.3) is 0 Å². The van der Waals surface area contributed by atoms with E-state index in [4.69, 9.17) is 66.3 Å². The second-order valence-corrected chi connectivity index (χ2v) is 23.4. The number of hydrogen-bond donors (Lipinski definition) is 20. The summed E-state index contributed by atoms with van der Waals surface area (Å²) >= 11 is -0.515. The number of aliphatic hydroxyl groups is 20. The molecule has 0 aliphatic carbocycles. The molecule has 35 heteroatoms. The van der Waals surface area contributed by atoms with Gasteiger partial charge < -0.3 is 84.6 Å². The molecule has 21 heterocycles. The molecule has 21 saturated heterocycles. The maximum atomic E-state index is 11.8. The van der Waals surface area contributed by atoms with Crippen molar-refractivity contribution in [2.75, 3.05) is 39.6 Å². The van der Waals surface area contributed by atoms with Crippen molar-refractivity contribution in [3.8, 4) is 0 Å². The Hall–Kier alpha value is -1.62. The first-order chi connectivity index (χ1) is 39.7. The molecule has 35 atom stereocenters. The molecule has 0 spiro atoms. The first kappa shape index (κ1) is 65.8. The van der Waals surface area contributed by atoms with E-state index < -0.39 is 270 Å². The van der Waals surface area contributed by atoms with Crippen molar-refractivity contribution < 1.29 is 168 Å². The molecule has 20 N–H and O–H groups in total. The summed E-state index contributed by atoms with van der Waals surface area (Å²) in [6.45, 7) is -6.16. The van der Waals surface area contributed by atoms with Crippen molar-refractivity contribution in [1.29, 1.82) is 0 Å². The van der Waals surface area contributed by atoms with Crippen LogP contribution in [0, 0.1) is 0 Å². The van der Waals surface area contributed by atoms with Crippen LogP contribution in [0.4, 0.5) is 0 Å². The topological polar surface area (TPSA) is 534 Å². The Labute approximate surface area is 476 Å². The zero-order valence-electron chi connectivity index (χ0n) is 43.6. The van der Waals surface area contributed by atoms with E-state index in [1.54, 1.807) is 30.3 Å². The van der Waals surface area contributed by atoms with Gasteiger partial charge in [-0.15, -0.1) is 0 Å². The van der Waals surface area contributed by atoms with Crippen LogP contribution in [0.3, 0.4) is 0 Å². The molecule has 1 aromatic carbocycles. The average molecular weight is 1270 g/mol. The number of rotatable bonds is 9. The van der Waals surface area contributed by atoms with E-state index in [0.29, 0.717) is 0 Å². The predicted octanol–water partition coefficient (Wildman–Crippen LogP) is -13.8. The Kier molecular flexibility index (Phi) is 22.6. The van der Waals surface area contributed by atoms with Crippen LogP contribution in [0.25, 0.3) is 0 Å². The standard InChI is InChI=1S/C48H74O34Se/c49-6-14-35-22(56)29(63)43(70-14)78-37-16(8-51)72-45(31(65)24(37)58)80-39-18(10-53)74-47(33(67)26(39)60)82-41-20(12-83-13-4-2-1-3-5-13)75-48(34(68)27(41)61)81-40-19(11-54)73-46(32(66)25(40)59)79-38-17(9-52)71-44(30(64)23(38)57)77-36-15(7-50)69-42(76-35)28(62)21(36)55/h1-5,14-68H,6-12H2/t14?,15?,16?,17?,18?,19?,20?,21?,22?,23?,24?,25?,26?,27?,28?,29?,30?,31?,32?,33?,34?,35-,36-,37-,38-,39-,40-,41-,42+,43-,44-,45-,46-,47-,48-/m1/s1. The van der Waals surface area contributed by atoms with Gasteiger partial charge >= 0.3 is 287 Å². The molecule has 21 aliphatic heterocycles. The third-order valence-corrected chi connectivity index (χ3v) is 18.1. The zero-order chi connectivity index (χ0) is 59.9. The van der Waals surface area contributed by atoms with Crippen molar-refractivity contribution >= 4 is 19.4 Å². The Bertz CT molecular complexity index is 2140. The van der Waals surface area contributed by atoms with Crippen molar-refractivity contribution in [1.82, 2.24) is 0 Å². The number of ether oxygens (including phenoxy) is 14. The Morgan fingerprint density at radius 2 is 0.422 bits per heavy atom. The summed E-state index contributed by atoms with van der Waals surface area (Å²) in [5.41, 5.74) is 0. The quantitative estimate of drug-likeness (QED) is 0.102. The number of aliphatic hydroxyl groups excluding tert-OH is 20. The SMILES string of the molecule is OCC1O[C@@H]2O[C@@H]3C(C[Se]c4ccccc4)O[C@H](O[C@@H]4C(CO)O[C@H](O[C@@H]5C(CO)O[C@H](O[C@@H]6C(CO)O[C@@H](O[C@@H]7C(CO)O[C@H](O[C@@H]8C(CO)O[C@H](O[C@H]1C(O)C2O)C(O)C8O)C(O)C7O)C(O)C6O)C(O)C5O)C(O)C4O)C(O)C3O. The van der Waals surface area contributed by atoms with Crippen LogP contribution in [-0.2, 0) is 66.3 Å². The van der Waals surface area contributed by atoms with Crippen LogP contribution in [-0.4, -0.2) is 372 Å². The molecule has 21 unspecified atom stereocenters. The molecule has 0 saturated carbocycles. The van der Waals surface area contributed by atoms with Gasteiger partial charge in [-0.3, -0.25) is 0 Å². The molecule has 1 aromatic rings.